The molecule has 376 valence electrons. The molecule has 0 aromatic carbocycles. The van der Waals surface area contributed by atoms with E-state index >= 15 is 0 Å². The topological polar surface area (TPSA) is 108 Å². The summed E-state index contributed by atoms with van der Waals surface area (Å²) < 4.78 is 23.2. The number of amides is 1. The van der Waals surface area contributed by atoms with Crippen molar-refractivity contribution in [3.8, 4) is 0 Å². The third-order valence-electron chi connectivity index (χ3n) is 12.0. The highest BCUT2D eigenvalue weighted by atomic mass is 31.2. The summed E-state index contributed by atoms with van der Waals surface area (Å²) in [7, 11) is 1.23. The number of phosphoric ester groups is 1. The van der Waals surface area contributed by atoms with Crippen molar-refractivity contribution in [3.63, 3.8) is 0 Å². The summed E-state index contributed by atoms with van der Waals surface area (Å²) in [4.78, 5) is 25.3. The van der Waals surface area contributed by atoms with Gasteiger partial charge in [-0.1, -0.05) is 223 Å². The number of nitrogens with one attached hydrogen (secondary N) is 1. The zero-order valence-corrected chi connectivity index (χ0v) is 43.6. The summed E-state index contributed by atoms with van der Waals surface area (Å²) in [6, 6.07) is -0.908. The van der Waals surface area contributed by atoms with Crippen LogP contribution in [-0.4, -0.2) is 68.5 Å². The monoisotopic (exact) mass is 921 g/mol. The molecule has 1 amide bonds. The van der Waals surface area contributed by atoms with E-state index in [9.17, 15) is 19.4 Å². The van der Waals surface area contributed by atoms with Gasteiger partial charge in [0.1, 0.15) is 13.2 Å². The minimum Gasteiger partial charge on any atom is -0.756 e. The van der Waals surface area contributed by atoms with Gasteiger partial charge in [0.15, 0.2) is 0 Å². The van der Waals surface area contributed by atoms with Crippen molar-refractivity contribution in [2.45, 2.75) is 257 Å². The van der Waals surface area contributed by atoms with Crippen LogP contribution in [0.3, 0.4) is 0 Å². The Labute approximate surface area is 397 Å². The lowest BCUT2D eigenvalue weighted by molar-refractivity contribution is -0.870. The molecule has 0 radical (unpaired) electrons. The highest BCUT2D eigenvalue weighted by Crippen LogP contribution is 2.38. The first-order valence-electron chi connectivity index (χ1n) is 27.0. The second-order valence-electron chi connectivity index (χ2n) is 19.6. The Bertz CT molecular complexity index is 1180. The van der Waals surface area contributed by atoms with Crippen LogP contribution in [0.15, 0.2) is 48.6 Å². The summed E-state index contributed by atoms with van der Waals surface area (Å²) >= 11 is 0. The van der Waals surface area contributed by atoms with E-state index in [1.54, 1.807) is 6.08 Å². The van der Waals surface area contributed by atoms with Gasteiger partial charge >= 0.3 is 0 Å². The van der Waals surface area contributed by atoms with Gasteiger partial charge in [-0.25, -0.2) is 0 Å². The van der Waals surface area contributed by atoms with Gasteiger partial charge in [0.2, 0.25) is 5.91 Å². The van der Waals surface area contributed by atoms with E-state index in [-0.39, 0.29) is 12.5 Å². The van der Waals surface area contributed by atoms with Crippen LogP contribution in [0.1, 0.15) is 245 Å². The van der Waals surface area contributed by atoms with Crippen LogP contribution in [0, 0.1) is 0 Å². The number of hydrogen-bond acceptors (Lipinski definition) is 6. The van der Waals surface area contributed by atoms with Gasteiger partial charge in [0, 0.05) is 6.42 Å². The zero-order valence-electron chi connectivity index (χ0n) is 42.7. The molecule has 0 aliphatic rings. The average molecular weight is 921 g/mol. The van der Waals surface area contributed by atoms with Gasteiger partial charge in [-0.15, -0.1) is 0 Å². The van der Waals surface area contributed by atoms with E-state index in [1.807, 2.05) is 27.2 Å². The maximum atomic E-state index is 12.9. The van der Waals surface area contributed by atoms with Gasteiger partial charge < -0.3 is 28.8 Å². The lowest BCUT2D eigenvalue weighted by Gasteiger charge is -2.29. The normalized spacial score (nSPS) is 14.4. The molecule has 0 spiro atoms. The van der Waals surface area contributed by atoms with Crippen LogP contribution in [0.5, 0.6) is 0 Å². The molecule has 0 heterocycles. The third-order valence-corrected chi connectivity index (χ3v) is 12.9. The zero-order chi connectivity index (χ0) is 47.1. The van der Waals surface area contributed by atoms with Crippen molar-refractivity contribution in [3.05, 3.63) is 48.6 Å². The molecule has 3 atom stereocenters. The van der Waals surface area contributed by atoms with Crippen LogP contribution >= 0.6 is 7.82 Å². The van der Waals surface area contributed by atoms with Crippen molar-refractivity contribution in [1.29, 1.82) is 0 Å². The molecule has 0 aromatic heterocycles. The Morgan fingerprint density at radius 3 is 1.33 bits per heavy atom. The predicted molar refractivity (Wildman–Crippen MR) is 274 cm³/mol. The van der Waals surface area contributed by atoms with E-state index in [4.69, 9.17) is 9.05 Å². The van der Waals surface area contributed by atoms with Crippen LogP contribution in [0.25, 0.3) is 0 Å². The maximum absolute atomic E-state index is 12.9. The molecular formula is C55H105N2O6P. The Kier molecular flexibility index (Phi) is 45.4. The predicted octanol–water partition coefficient (Wildman–Crippen LogP) is 15.3. The van der Waals surface area contributed by atoms with Crippen LogP contribution < -0.4 is 10.2 Å². The molecule has 0 fully saturated rings. The average Bonchev–Trinajstić information content (AvgIpc) is 3.25. The summed E-state index contributed by atoms with van der Waals surface area (Å²) in [6.45, 7) is 4.55. The molecule has 0 saturated carbocycles. The lowest BCUT2D eigenvalue weighted by Crippen LogP contribution is -2.45. The maximum Gasteiger partial charge on any atom is 0.268 e. The number of likely N-dealkylation sites (N-methyl/N-ethyl adjacent to an activating group) is 1. The van der Waals surface area contributed by atoms with E-state index in [0.29, 0.717) is 17.4 Å². The van der Waals surface area contributed by atoms with Crippen LogP contribution in [0.4, 0.5) is 0 Å². The number of carbonyl (C=O) groups is 1. The van der Waals surface area contributed by atoms with E-state index in [1.165, 1.54) is 173 Å². The molecule has 8 nitrogen and oxygen atoms in total. The summed E-state index contributed by atoms with van der Waals surface area (Å²) in [6.07, 6.45) is 60.7. The lowest BCUT2D eigenvalue weighted by atomic mass is 10.0. The van der Waals surface area contributed by atoms with Crippen LogP contribution in [0.2, 0.25) is 0 Å². The largest absolute Gasteiger partial charge is 0.756 e. The van der Waals surface area contributed by atoms with Crippen molar-refractivity contribution >= 4 is 13.7 Å². The second kappa shape index (κ2) is 46.6. The molecule has 0 aliphatic carbocycles. The molecular weight excluding hydrogens is 816 g/mol. The first-order chi connectivity index (χ1) is 31.0. The number of quaternary nitrogens is 1. The number of hydrogen-bond donors (Lipinski definition) is 2. The van der Waals surface area contributed by atoms with Gasteiger partial charge in [-0.2, -0.15) is 0 Å². The third kappa shape index (κ3) is 48.4. The number of aliphatic hydroxyl groups is 1. The first kappa shape index (κ1) is 62.5. The van der Waals surface area contributed by atoms with Gasteiger partial charge in [0.05, 0.1) is 39.9 Å². The molecule has 2 N–H and O–H groups in total. The number of rotatable bonds is 49. The Hall–Kier alpha value is -1.54. The Balaban J connectivity index is 4.03. The number of allylic oxidation sites excluding steroid dienone is 7. The molecule has 0 rings (SSSR count). The standard InChI is InChI=1S/C55H105N2O6P/c1-6-8-10-12-14-16-18-19-20-21-22-23-24-25-26-27-28-29-30-31-32-33-34-35-36-37-39-41-43-45-47-49-55(59)56-53(52-63-64(60,61)62-51-50-57(3,4)5)54(58)48-46-44-42-40-38-17-15-13-11-9-7-2/h11,13,25-26,38,40,46,48,53-54,58H,6-10,12,14-24,27-37,39,41-45,47,49-52H2,1-5H3,(H-,56,59,60,61)/b13-11+,26-25-,40-38+,48-46+. The van der Waals surface area contributed by atoms with Crippen molar-refractivity contribution in [1.82, 2.24) is 5.32 Å². The number of unbranched alkanes of at least 4 members (excludes halogenated alkanes) is 30. The highest BCUT2D eigenvalue weighted by Gasteiger charge is 2.23. The van der Waals surface area contributed by atoms with E-state index < -0.39 is 26.6 Å². The van der Waals surface area contributed by atoms with Crippen molar-refractivity contribution in [2.75, 3.05) is 40.9 Å². The summed E-state index contributed by atoms with van der Waals surface area (Å²) in [5.74, 6) is -0.212. The fourth-order valence-electron chi connectivity index (χ4n) is 7.72. The fraction of sp³-hybridized carbons (Fsp3) is 0.836. The van der Waals surface area contributed by atoms with Crippen molar-refractivity contribution in [2.24, 2.45) is 0 Å². The van der Waals surface area contributed by atoms with E-state index in [2.05, 4.69) is 55.6 Å². The minimum atomic E-state index is -4.60. The molecule has 64 heavy (non-hydrogen) atoms. The Morgan fingerprint density at radius 1 is 0.531 bits per heavy atom. The number of carbonyl (C=O) groups excluding carboxylic acids is 1. The smallest absolute Gasteiger partial charge is 0.268 e. The molecule has 9 heteroatoms. The minimum absolute atomic E-state index is 0.00936. The van der Waals surface area contributed by atoms with Crippen LogP contribution in [-0.2, 0) is 18.4 Å². The molecule has 0 aliphatic heterocycles. The van der Waals surface area contributed by atoms with Gasteiger partial charge in [-0.3, -0.25) is 9.36 Å². The number of nitrogens with zero attached hydrogens (tertiary/aromatic N) is 1. The number of aliphatic hydroxyl groups excluding tert-OH is 1. The first-order valence-corrected chi connectivity index (χ1v) is 28.5. The molecule has 0 bridgehead atoms. The van der Waals surface area contributed by atoms with Gasteiger partial charge in [-0.05, 0) is 64.2 Å². The number of phosphoric acid groups is 1. The molecule has 3 unspecified atom stereocenters. The highest BCUT2D eigenvalue weighted by molar-refractivity contribution is 7.45. The summed E-state index contributed by atoms with van der Waals surface area (Å²) in [5.41, 5.74) is 0. The molecule has 0 saturated heterocycles. The SMILES string of the molecule is CCC/C=C/CC/C=C/CC/C=C/C(O)C(COP(=O)([O-])OCC[N+](C)(C)C)NC(=O)CCCCCCCCCCCCCCCCC/C=C\CCCCCCCCCCCCCC. The quantitative estimate of drug-likeness (QED) is 0.0272. The summed E-state index contributed by atoms with van der Waals surface area (Å²) in [5, 5.41) is 13.8. The Morgan fingerprint density at radius 2 is 0.906 bits per heavy atom. The molecule has 0 aromatic rings. The van der Waals surface area contributed by atoms with Gasteiger partial charge in [0.25, 0.3) is 7.82 Å². The van der Waals surface area contributed by atoms with E-state index in [0.717, 1.165) is 51.4 Å². The van der Waals surface area contributed by atoms with Crippen molar-refractivity contribution < 1.29 is 32.9 Å². The fourth-order valence-corrected chi connectivity index (χ4v) is 8.44. The second-order valence-corrected chi connectivity index (χ2v) is 21.0.